The summed E-state index contributed by atoms with van der Waals surface area (Å²) in [5.41, 5.74) is 5.81. The van der Waals surface area contributed by atoms with Crippen LogP contribution in [0.1, 0.15) is 62.3 Å². The summed E-state index contributed by atoms with van der Waals surface area (Å²) in [6.07, 6.45) is 6.71. The van der Waals surface area contributed by atoms with Crippen LogP contribution in [0.2, 0.25) is 19.1 Å². The number of H-pyrrole nitrogens is 2. The van der Waals surface area contributed by atoms with Crippen molar-refractivity contribution in [3.8, 4) is 22.4 Å². The highest BCUT2D eigenvalue weighted by Crippen LogP contribution is 2.42. The maximum absolute atomic E-state index is 14.0. The molecule has 4 heterocycles. The highest BCUT2D eigenvalue weighted by atomic mass is 28.3. The van der Waals surface area contributed by atoms with Crippen LogP contribution in [-0.2, 0) is 19.1 Å². The quantitative estimate of drug-likeness (QED) is 0.111. The molecular weight excluding hydrogens is 753 g/mol. The molecule has 2 saturated heterocycles. The zero-order chi connectivity index (χ0) is 40.3. The van der Waals surface area contributed by atoms with E-state index in [0.29, 0.717) is 12.7 Å². The Bertz CT molecular complexity index is 2400. The lowest BCUT2D eigenvalue weighted by atomic mass is 9.99. The number of likely N-dealkylation sites (tertiary alicyclic amines) is 1. The Morgan fingerprint density at radius 1 is 0.759 bits per heavy atom. The first-order valence-corrected chi connectivity index (χ1v) is 23.8. The van der Waals surface area contributed by atoms with E-state index in [0.717, 1.165) is 100 Å². The average Bonchev–Trinajstić information content (AvgIpc) is 4.04. The zero-order valence-corrected chi connectivity index (χ0v) is 34.3. The number of carbonyl (C=O) groups is 4. The van der Waals surface area contributed by atoms with Crippen LogP contribution in [0.4, 0.5) is 9.59 Å². The fraction of sp³-hybridized carbons (Fsp3) is 0.442. The molecule has 2 aromatic heterocycles. The van der Waals surface area contributed by atoms with Crippen molar-refractivity contribution in [3.63, 3.8) is 0 Å². The van der Waals surface area contributed by atoms with E-state index >= 15 is 0 Å². The Morgan fingerprint density at radius 3 is 2.05 bits per heavy atom. The molecule has 302 valence electrons. The van der Waals surface area contributed by atoms with E-state index in [1.165, 1.54) is 14.2 Å². The molecule has 0 spiro atoms. The van der Waals surface area contributed by atoms with Crippen molar-refractivity contribution in [1.29, 1.82) is 0 Å². The molecule has 4 fully saturated rings. The molecule has 2 aliphatic heterocycles. The van der Waals surface area contributed by atoms with Gasteiger partial charge in [0.05, 0.1) is 57.3 Å². The standard InChI is InChI=1S/C43H50N8O6Si/c1-56-42(54)48-35(26-11-12-26)40(52)50-19-5-6-33(50)38-44-21-32(46-38)25-9-7-24(8-10-25)28-15-17-30-29(20-28)16-18-31-37(30)47-39(45-31)34-22-58(3,4)23-51(34)41(53)36(27-13-14-27)49-43(55)57-2/h7-10,15-18,20-21,26-27,33-36H,5-6,11-14,19,22-23H2,1-4H3,(H,44,46)(H,45,47)(H,48,54)(H,49,55)/t33-,34+,35-,36+/m1/s1. The molecule has 58 heavy (non-hydrogen) atoms. The van der Waals surface area contributed by atoms with Crippen molar-refractivity contribution >= 4 is 53.9 Å². The SMILES string of the molecule is COC(=O)N[C@H](C(=O)N1C[Si](C)(C)C[C@H]1c1nc2c(ccc3cc(-c4ccc(-c5cnc([C@H]6CCCN6C(=O)[C@H](NC(=O)OC)C6CC6)[nH]5)cc4)ccc32)[nH]1)C1CC1. The van der Waals surface area contributed by atoms with Gasteiger partial charge in [0.15, 0.2) is 0 Å². The second-order valence-corrected chi connectivity index (χ2v) is 22.3. The molecule has 0 bridgehead atoms. The van der Waals surface area contributed by atoms with E-state index in [2.05, 4.69) is 88.3 Å². The lowest BCUT2D eigenvalue weighted by Crippen LogP contribution is -2.50. The first kappa shape index (κ1) is 37.9. The second kappa shape index (κ2) is 14.9. The Morgan fingerprint density at radius 2 is 1.40 bits per heavy atom. The molecular formula is C43H50N8O6Si. The van der Waals surface area contributed by atoms with Crippen molar-refractivity contribution < 1.29 is 28.7 Å². The highest BCUT2D eigenvalue weighted by molar-refractivity contribution is 6.78. The van der Waals surface area contributed by atoms with Gasteiger partial charge >= 0.3 is 12.2 Å². The number of benzene rings is 3. The lowest BCUT2D eigenvalue weighted by molar-refractivity contribution is -0.135. The summed E-state index contributed by atoms with van der Waals surface area (Å²) in [5, 5.41) is 7.68. The van der Waals surface area contributed by atoms with Crippen molar-refractivity contribution in [2.24, 2.45) is 11.8 Å². The molecule has 4 atom stereocenters. The topological polar surface area (TPSA) is 175 Å². The van der Waals surface area contributed by atoms with Gasteiger partial charge in [-0.3, -0.25) is 9.59 Å². The molecule has 3 aromatic carbocycles. The number of imidazole rings is 2. The van der Waals surface area contributed by atoms with Crippen LogP contribution in [-0.4, -0.2) is 101 Å². The molecule has 2 saturated carbocycles. The summed E-state index contributed by atoms with van der Waals surface area (Å²) >= 11 is 0. The number of rotatable bonds is 10. The fourth-order valence-electron chi connectivity index (χ4n) is 9.06. The predicted molar refractivity (Wildman–Crippen MR) is 221 cm³/mol. The number of methoxy groups -OCH3 is 2. The Kier molecular flexibility index (Phi) is 9.73. The van der Waals surface area contributed by atoms with E-state index < -0.39 is 32.3 Å². The normalized spacial score (nSPS) is 21.2. The minimum atomic E-state index is -1.75. The maximum Gasteiger partial charge on any atom is 0.407 e. The number of aromatic nitrogens is 4. The van der Waals surface area contributed by atoms with Gasteiger partial charge in [-0.1, -0.05) is 55.6 Å². The summed E-state index contributed by atoms with van der Waals surface area (Å²) in [6, 6.07) is 18.3. The number of hydrogen-bond donors (Lipinski definition) is 4. The summed E-state index contributed by atoms with van der Waals surface area (Å²) < 4.78 is 9.65. The number of hydrogen-bond acceptors (Lipinski definition) is 8. The molecule has 15 heteroatoms. The van der Waals surface area contributed by atoms with Crippen molar-refractivity contribution in [1.82, 2.24) is 40.4 Å². The molecule has 4 N–H and O–H groups in total. The molecule has 5 aromatic rings. The predicted octanol–water partition coefficient (Wildman–Crippen LogP) is 6.84. The largest absolute Gasteiger partial charge is 0.453 e. The third-order valence-electron chi connectivity index (χ3n) is 12.4. The van der Waals surface area contributed by atoms with Crippen LogP contribution < -0.4 is 10.6 Å². The van der Waals surface area contributed by atoms with Gasteiger partial charge in [0, 0.05) is 18.1 Å². The first-order chi connectivity index (χ1) is 28.0. The number of amides is 4. The van der Waals surface area contributed by atoms with Crippen LogP contribution in [0.15, 0.2) is 60.8 Å². The summed E-state index contributed by atoms with van der Waals surface area (Å²) in [4.78, 5) is 72.5. The highest BCUT2D eigenvalue weighted by Gasteiger charge is 2.48. The van der Waals surface area contributed by atoms with Gasteiger partial charge in [0.25, 0.3) is 0 Å². The minimum absolute atomic E-state index is 0.0504. The molecule has 14 nitrogen and oxygen atoms in total. The number of nitrogens with one attached hydrogen (secondary N) is 4. The number of fused-ring (bicyclic) bond motifs is 3. The van der Waals surface area contributed by atoms with Crippen molar-refractivity contribution in [2.45, 2.75) is 81.8 Å². The summed E-state index contributed by atoms with van der Waals surface area (Å²) in [6.45, 7) is 5.23. The van der Waals surface area contributed by atoms with E-state index in [1.807, 2.05) is 16.0 Å². The van der Waals surface area contributed by atoms with Gasteiger partial charge < -0.3 is 39.9 Å². The Hall–Kier alpha value is -5.70. The molecule has 0 unspecified atom stereocenters. The number of alkyl carbamates (subject to hydrolysis) is 2. The molecule has 4 amide bonds. The van der Waals surface area contributed by atoms with Gasteiger partial charge in [0.2, 0.25) is 11.8 Å². The lowest BCUT2D eigenvalue weighted by Gasteiger charge is -2.28. The van der Waals surface area contributed by atoms with Gasteiger partial charge in [-0.15, -0.1) is 0 Å². The van der Waals surface area contributed by atoms with E-state index in [4.69, 9.17) is 19.4 Å². The second-order valence-electron chi connectivity index (χ2n) is 17.2. The Labute approximate surface area is 337 Å². The summed E-state index contributed by atoms with van der Waals surface area (Å²) in [7, 11) is 0.887. The van der Waals surface area contributed by atoms with Gasteiger partial charge in [-0.25, -0.2) is 19.6 Å². The number of aromatic amines is 2. The van der Waals surface area contributed by atoms with E-state index in [9.17, 15) is 19.2 Å². The molecule has 4 aliphatic rings. The third-order valence-corrected chi connectivity index (χ3v) is 15.1. The average molecular weight is 803 g/mol. The summed E-state index contributed by atoms with van der Waals surface area (Å²) in [5.74, 6) is 1.69. The number of ether oxygens (including phenoxy) is 2. The van der Waals surface area contributed by atoms with E-state index in [-0.39, 0.29) is 35.7 Å². The fourth-order valence-corrected chi connectivity index (χ4v) is 12.0. The van der Waals surface area contributed by atoms with E-state index in [1.54, 1.807) is 0 Å². The zero-order valence-electron chi connectivity index (χ0n) is 33.3. The third kappa shape index (κ3) is 7.31. The van der Waals surface area contributed by atoms with Crippen molar-refractivity contribution in [3.05, 3.63) is 72.4 Å². The van der Waals surface area contributed by atoms with Crippen LogP contribution in [0, 0.1) is 11.8 Å². The minimum Gasteiger partial charge on any atom is -0.453 e. The number of carbonyl (C=O) groups excluding carboxylic acids is 4. The molecule has 2 aliphatic carbocycles. The van der Waals surface area contributed by atoms with Gasteiger partial charge in [-0.05, 0) is 90.6 Å². The molecule has 9 rings (SSSR count). The van der Waals surface area contributed by atoms with Crippen LogP contribution in [0.5, 0.6) is 0 Å². The van der Waals surface area contributed by atoms with Crippen LogP contribution in [0.3, 0.4) is 0 Å². The van der Waals surface area contributed by atoms with Gasteiger partial charge in [0.1, 0.15) is 23.7 Å². The first-order valence-electron chi connectivity index (χ1n) is 20.4. The maximum atomic E-state index is 14.0. The number of nitrogens with zero attached hydrogens (tertiary/aromatic N) is 4. The van der Waals surface area contributed by atoms with Crippen LogP contribution in [0.25, 0.3) is 44.2 Å². The van der Waals surface area contributed by atoms with Crippen molar-refractivity contribution in [2.75, 3.05) is 26.9 Å². The monoisotopic (exact) mass is 802 g/mol. The smallest absolute Gasteiger partial charge is 0.407 e. The van der Waals surface area contributed by atoms with Crippen LogP contribution >= 0.6 is 0 Å². The Balaban J connectivity index is 0.920. The van der Waals surface area contributed by atoms with Gasteiger partial charge in [-0.2, -0.15) is 0 Å². The molecule has 0 radical (unpaired) electrons.